The van der Waals surface area contributed by atoms with Gasteiger partial charge in [0.05, 0.1) is 37.5 Å². The van der Waals surface area contributed by atoms with Crippen LogP contribution < -0.4 is 19.5 Å². The van der Waals surface area contributed by atoms with Gasteiger partial charge in [-0.3, -0.25) is 4.98 Å². The fraction of sp³-hybridized carbons (Fsp3) is 0.524. The number of hydrogen-bond donors (Lipinski definition) is 2. The molecule has 4 rings (SSSR count). The average Bonchev–Trinajstić information content (AvgIpc) is 2.73. The Balaban J connectivity index is 1.54. The lowest BCUT2D eigenvalue weighted by Gasteiger charge is -2.61. The van der Waals surface area contributed by atoms with E-state index in [9.17, 15) is 32.0 Å². The molecule has 10 nitrogen and oxygen atoms in total. The summed E-state index contributed by atoms with van der Waals surface area (Å²) in [5, 5.41) is 24.8. The molecular weight excluding hydrogens is 491 g/mol. The normalized spacial score (nSPS) is 18.8. The van der Waals surface area contributed by atoms with Crippen LogP contribution in [-0.4, -0.2) is 75.0 Å². The number of ether oxygens (including phenoxy) is 2. The fourth-order valence-corrected chi connectivity index (χ4v) is 5.90. The minimum absolute atomic E-state index is 0.284. The van der Waals surface area contributed by atoms with E-state index in [0.717, 1.165) is 0 Å². The Morgan fingerprint density at radius 3 is 2.43 bits per heavy atom. The van der Waals surface area contributed by atoms with E-state index in [1.165, 1.54) is 20.4 Å². The molecule has 1 unspecified atom stereocenters. The SMILES string of the molecule is COc1cc2ncc(C#N)c(N3CC4(CC(N(CC(O)C(F)(F)F)S(N)(=O)=O)C4)C3)c2cc1OC. The lowest BCUT2D eigenvalue weighted by atomic mass is 9.60. The zero-order valence-corrected chi connectivity index (χ0v) is 19.7. The second kappa shape index (κ2) is 8.66. The number of aliphatic hydroxyl groups is 1. The van der Waals surface area contributed by atoms with Crippen LogP contribution in [-0.2, 0) is 10.2 Å². The molecule has 2 fully saturated rings. The molecule has 0 amide bonds. The smallest absolute Gasteiger partial charge is 0.415 e. The van der Waals surface area contributed by atoms with Crippen LogP contribution in [0.4, 0.5) is 18.9 Å². The first-order chi connectivity index (χ1) is 16.3. The molecule has 1 spiro atoms. The summed E-state index contributed by atoms with van der Waals surface area (Å²) in [5.41, 5.74) is 1.24. The zero-order valence-electron chi connectivity index (χ0n) is 18.9. The van der Waals surface area contributed by atoms with E-state index >= 15 is 0 Å². The minimum Gasteiger partial charge on any atom is -0.493 e. The van der Waals surface area contributed by atoms with Crippen molar-refractivity contribution in [3.8, 4) is 17.6 Å². The number of aliphatic hydroxyl groups excluding tert-OH is 1. The lowest BCUT2D eigenvalue weighted by molar-refractivity contribution is -0.207. The number of benzene rings is 1. The highest BCUT2D eigenvalue weighted by molar-refractivity contribution is 7.86. The third-order valence-electron chi connectivity index (χ3n) is 6.64. The number of nitrogens with zero attached hydrogens (tertiary/aromatic N) is 4. The molecule has 2 aromatic rings. The molecule has 0 bridgehead atoms. The van der Waals surface area contributed by atoms with Crippen molar-refractivity contribution < 1.29 is 36.2 Å². The maximum Gasteiger partial charge on any atom is 0.415 e. The average molecular weight is 516 g/mol. The van der Waals surface area contributed by atoms with Crippen LogP contribution in [0, 0.1) is 16.7 Å². The van der Waals surface area contributed by atoms with Gasteiger partial charge >= 0.3 is 6.18 Å². The molecule has 0 radical (unpaired) electrons. The van der Waals surface area contributed by atoms with Gasteiger partial charge in [-0.05, 0) is 18.9 Å². The predicted molar refractivity (Wildman–Crippen MR) is 119 cm³/mol. The highest BCUT2D eigenvalue weighted by Gasteiger charge is 2.56. The van der Waals surface area contributed by atoms with Gasteiger partial charge in [0.25, 0.3) is 10.2 Å². The van der Waals surface area contributed by atoms with Gasteiger partial charge < -0.3 is 19.5 Å². The molecule has 1 atom stereocenters. The lowest BCUT2D eigenvalue weighted by Crippen LogP contribution is -2.68. The molecule has 1 saturated heterocycles. The molecule has 190 valence electrons. The Hall–Kier alpha value is -2.86. The Morgan fingerprint density at radius 2 is 1.91 bits per heavy atom. The summed E-state index contributed by atoms with van der Waals surface area (Å²) in [4.78, 5) is 6.28. The second-order valence-electron chi connectivity index (χ2n) is 8.95. The Kier molecular flexibility index (Phi) is 6.25. The number of nitrogens with two attached hydrogens (primary N) is 1. The third kappa shape index (κ3) is 4.56. The summed E-state index contributed by atoms with van der Waals surface area (Å²) in [6.45, 7) is -0.222. The van der Waals surface area contributed by atoms with Crippen molar-refractivity contribution in [1.29, 1.82) is 5.26 Å². The summed E-state index contributed by atoms with van der Waals surface area (Å²) in [7, 11) is -1.46. The van der Waals surface area contributed by atoms with Crippen molar-refractivity contribution in [2.24, 2.45) is 10.6 Å². The molecule has 35 heavy (non-hydrogen) atoms. The van der Waals surface area contributed by atoms with E-state index in [-0.39, 0.29) is 18.3 Å². The molecular formula is C21H24F3N5O5S. The van der Waals surface area contributed by atoms with Gasteiger partial charge in [0, 0.05) is 42.2 Å². The van der Waals surface area contributed by atoms with Crippen LogP contribution in [0.5, 0.6) is 11.5 Å². The quantitative estimate of drug-likeness (QED) is 0.565. The van der Waals surface area contributed by atoms with Crippen LogP contribution in [0.1, 0.15) is 18.4 Å². The Labute approximate surface area is 199 Å². The number of halogens is 3. The van der Waals surface area contributed by atoms with E-state index in [4.69, 9.17) is 14.6 Å². The van der Waals surface area contributed by atoms with Crippen molar-refractivity contribution in [1.82, 2.24) is 9.29 Å². The largest absolute Gasteiger partial charge is 0.493 e. The first kappa shape index (κ1) is 25.2. The highest BCUT2D eigenvalue weighted by Crippen LogP contribution is 2.53. The summed E-state index contributed by atoms with van der Waals surface area (Å²) < 4.78 is 73.4. The molecule has 1 aliphatic carbocycles. The highest BCUT2D eigenvalue weighted by atomic mass is 32.2. The van der Waals surface area contributed by atoms with Gasteiger partial charge in [0.15, 0.2) is 17.6 Å². The minimum atomic E-state index is -4.96. The number of alkyl halides is 3. The topological polar surface area (TPSA) is 142 Å². The number of aromatic nitrogens is 1. The van der Waals surface area contributed by atoms with Crippen LogP contribution in [0.25, 0.3) is 10.9 Å². The molecule has 1 aliphatic heterocycles. The molecule has 1 saturated carbocycles. The van der Waals surface area contributed by atoms with E-state index in [0.29, 0.717) is 51.0 Å². The number of anilines is 1. The standard InChI is InChI=1S/C21H24F3N5O5S/c1-33-16-3-14-15(4-17(16)34-2)27-8-12(7-25)19(14)28-10-20(11-28)5-13(6-20)29(35(26,31)32)9-18(30)21(22,23)24/h3-4,8,13,18,30H,5-6,9-11H2,1-2H3,(H2,26,31,32). The van der Waals surface area contributed by atoms with Gasteiger partial charge in [-0.2, -0.15) is 31.2 Å². The number of hydrogen-bond acceptors (Lipinski definition) is 8. The fourth-order valence-electron chi connectivity index (χ4n) is 4.99. The molecule has 2 aliphatic rings. The maximum atomic E-state index is 12.8. The summed E-state index contributed by atoms with van der Waals surface area (Å²) in [6, 6.07) is 4.81. The molecule has 14 heteroatoms. The third-order valence-corrected chi connectivity index (χ3v) is 7.74. The van der Waals surface area contributed by atoms with Gasteiger partial charge in [-0.25, -0.2) is 5.14 Å². The number of rotatable bonds is 7. The van der Waals surface area contributed by atoms with Crippen molar-refractivity contribution in [3.05, 3.63) is 23.9 Å². The second-order valence-corrected chi connectivity index (χ2v) is 10.4. The predicted octanol–water partition coefficient (Wildman–Crippen LogP) is 1.52. The van der Waals surface area contributed by atoms with E-state index in [1.807, 2.05) is 4.90 Å². The number of methoxy groups -OCH3 is 2. The summed E-state index contributed by atoms with van der Waals surface area (Å²) >= 11 is 0. The van der Waals surface area contributed by atoms with Crippen LogP contribution >= 0.6 is 0 Å². The molecule has 1 aromatic heterocycles. The maximum absolute atomic E-state index is 12.8. The van der Waals surface area contributed by atoms with E-state index in [1.54, 1.807) is 12.1 Å². The van der Waals surface area contributed by atoms with Crippen molar-refractivity contribution in [3.63, 3.8) is 0 Å². The van der Waals surface area contributed by atoms with Gasteiger partial charge in [0.2, 0.25) is 0 Å². The van der Waals surface area contributed by atoms with E-state index < -0.39 is 35.1 Å². The van der Waals surface area contributed by atoms with Gasteiger partial charge in [0.1, 0.15) is 6.07 Å². The zero-order chi connectivity index (χ0) is 25.8. The first-order valence-electron chi connectivity index (χ1n) is 10.6. The monoisotopic (exact) mass is 515 g/mol. The number of pyridine rings is 1. The van der Waals surface area contributed by atoms with Crippen molar-refractivity contribution in [2.75, 3.05) is 38.8 Å². The van der Waals surface area contributed by atoms with E-state index in [2.05, 4.69) is 11.1 Å². The van der Waals surface area contributed by atoms with Gasteiger partial charge in [-0.1, -0.05) is 0 Å². The van der Waals surface area contributed by atoms with Crippen molar-refractivity contribution in [2.45, 2.75) is 31.2 Å². The number of fused-ring (bicyclic) bond motifs is 1. The van der Waals surface area contributed by atoms with Gasteiger partial charge in [-0.15, -0.1) is 0 Å². The molecule has 3 N–H and O–H groups in total. The van der Waals surface area contributed by atoms with Crippen molar-refractivity contribution >= 4 is 26.8 Å². The molecule has 2 heterocycles. The van der Waals surface area contributed by atoms with Crippen LogP contribution in [0.3, 0.4) is 0 Å². The van der Waals surface area contributed by atoms with Crippen LogP contribution in [0.2, 0.25) is 0 Å². The summed E-state index contributed by atoms with van der Waals surface area (Å²) in [6.07, 6.45) is -5.76. The first-order valence-corrected chi connectivity index (χ1v) is 12.1. The number of nitriles is 1. The Bertz CT molecular complexity index is 1280. The van der Waals surface area contributed by atoms with Crippen LogP contribution in [0.15, 0.2) is 18.3 Å². The molecule has 1 aromatic carbocycles. The summed E-state index contributed by atoms with van der Waals surface area (Å²) in [5.74, 6) is 0.943. The Morgan fingerprint density at radius 1 is 1.31 bits per heavy atom.